The van der Waals surface area contributed by atoms with Gasteiger partial charge in [0.05, 0.1) is 23.0 Å². The Balaban J connectivity index is 1.93. The van der Waals surface area contributed by atoms with Gasteiger partial charge in [-0.25, -0.2) is 9.78 Å². The molecule has 0 fully saturated rings. The lowest BCUT2D eigenvalue weighted by atomic mass is 10.1. The Hall–Kier alpha value is -1.46. The predicted octanol–water partition coefficient (Wildman–Crippen LogP) is 3.93. The van der Waals surface area contributed by atoms with E-state index in [2.05, 4.69) is 4.98 Å². The summed E-state index contributed by atoms with van der Waals surface area (Å²) in [4.78, 5) is 18.5. The van der Waals surface area contributed by atoms with Gasteiger partial charge in [-0.05, 0) is 26.8 Å². The molecule has 0 aromatic carbocycles. The lowest BCUT2D eigenvalue weighted by Gasteiger charge is -2.29. The topological polar surface area (TPSA) is 46.8 Å². The molecule has 2 aromatic heterocycles. The molecule has 0 radical (unpaired) electrons. The van der Waals surface area contributed by atoms with E-state index in [0.717, 1.165) is 11.4 Å². The maximum Gasteiger partial charge on any atom is 0.410 e. The molecule has 1 aliphatic heterocycles. The van der Waals surface area contributed by atoms with E-state index < -0.39 is 5.60 Å². The molecule has 3 heterocycles. The van der Waals surface area contributed by atoms with Crippen molar-refractivity contribution in [2.45, 2.75) is 39.3 Å². The number of hydrogen-bond acceptors (Lipinski definition) is 3. The van der Waals surface area contributed by atoms with E-state index in [0.29, 0.717) is 35.2 Å². The zero-order valence-corrected chi connectivity index (χ0v) is 14.2. The van der Waals surface area contributed by atoms with Gasteiger partial charge in [0.2, 0.25) is 0 Å². The maximum absolute atomic E-state index is 12.2. The van der Waals surface area contributed by atoms with Gasteiger partial charge in [0, 0.05) is 19.2 Å². The summed E-state index contributed by atoms with van der Waals surface area (Å²) in [6, 6.07) is 1.73. The molecule has 0 spiro atoms. The van der Waals surface area contributed by atoms with E-state index >= 15 is 0 Å². The number of amides is 1. The van der Waals surface area contributed by atoms with E-state index in [1.54, 1.807) is 11.0 Å². The second-order valence-corrected chi connectivity index (χ2v) is 7.11. The molecule has 2 aromatic rings. The highest BCUT2D eigenvalue weighted by atomic mass is 35.5. The van der Waals surface area contributed by atoms with Crippen molar-refractivity contribution in [3.8, 4) is 0 Å². The van der Waals surface area contributed by atoms with Gasteiger partial charge in [-0.15, -0.1) is 0 Å². The maximum atomic E-state index is 12.2. The number of nitrogens with zero attached hydrogens (tertiary/aromatic N) is 3. The van der Waals surface area contributed by atoms with Crippen LogP contribution in [0.3, 0.4) is 0 Å². The highest BCUT2D eigenvalue weighted by Crippen LogP contribution is 2.30. The first-order chi connectivity index (χ1) is 10.3. The fraction of sp³-hybridized carbons (Fsp3) is 0.467. The van der Waals surface area contributed by atoms with Gasteiger partial charge >= 0.3 is 6.09 Å². The highest BCUT2D eigenvalue weighted by molar-refractivity contribution is 6.43. The van der Waals surface area contributed by atoms with Crippen LogP contribution in [-0.4, -0.2) is 32.5 Å². The van der Waals surface area contributed by atoms with Crippen LogP contribution in [0.4, 0.5) is 4.79 Å². The molecule has 5 nitrogen and oxygen atoms in total. The average molecular weight is 342 g/mol. The molecule has 1 amide bonds. The normalized spacial score (nSPS) is 15.0. The average Bonchev–Trinajstić information content (AvgIpc) is 2.79. The molecule has 0 N–H and O–H groups in total. The summed E-state index contributed by atoms with van der Waals surface area (Å²) in [6.45, 7) is 6.60. The van der Waals surface area contributed by atoms with Crippen LogP contribution in [-0.2, 0) is 17.7 Å². The van der Waals surface area contributed by atoms with Crippen LogP contribution in [0.1, 0.15) is 32.2 Å². The first-order valence-electron chi connectivity index (χ1n) is 7.08. The van der Waals surface area contributed by atoms with Gasteiger partial charge in [-0.3, -0.25) is 0 Å². The SMILES string of the molecule is CC(C)(C)OC(=O)N1CCc2nc3c(Cl)c(Cl)ccn3c2C1. The molecule has 0 atom stereocenters. The Morgan fingerprint density at radius 1 is 1.36 bits per heavy atom. The number of ether oxygens (including phenoxy) is 1. The van der Waals surface area contributed by atoms with Gasteiger partial charge in [0.1, 0.15) is 10.6 Å². The quantitative estimate of drug-likeness (QED) is 0.729. The van der Waals surface area contributed by atoms with E-state index in [-0.39, 0.29) is 6.09 Å². The van der Waals surface area contributed by atoms with Crippen molar-refractivity contribution in [3.63, 3.8) is 0 Å². The Bertz CT molecular complexity index is 749. The number of aromatic nitrogens is 2. The summed E-state index contributed by atoms with van der Waals surface area (Å²) in [7, 11) is 0. The number of hydrogen-bond donors (Lipinski definition) is 0. The van der Waals surface area contributed by atoms with Crippen molar-refractivity contribution >= 4 is 34.9 Å². The van der Waals surface area contributed by atoms with Gasteiger partial charge in [0.25, 0.3) is 0 Å². The van der Waals surface area contributed by atoms with E-state index in [4.69, 9.17) is 27.9 Å². The molecule has 0 aliphatic carbocycles. The van der Waals surface area contributed by atoms with E-state index in [9.17, 15) is 4.79 Å². The Morgan fingerprint density at radius 2 is 2.09 bits per heavy atom. The molecule has 0 saturated heterocycles. The molecule has 7 heteroatoms. The molecule has 0 bridgehead atoms. The van der Waals surface area contributed by atoms with Crippen LogP contribution in [0.2, 0.25) is 10.0 Å². The minimum atomic E-state index is -0.506. The molecule has 0 unspecified atom stereocenters. The van der Waals surface area contributed by atoms with E-state index in [1.807, 2.05) is 31.4 Å². The van der Waals surface area contributed by atoms with Crippen molar-refractivity contribution in [2.75, 3.05) is 6.54 Å². The standard InChI is InChI=1S/C15H17Cl2N3O2/c1-15(2,3)22-14(21)19-6-5-10-11(8-19)20-7-4-9(16)12(17)13(20)18-10/h4,7H,5-6,8H2,1-3H3. The number of fused-ring (bicyclic) bond motifs is 3. The molecule has 22 heavy (non-hydrogen) atoms. The van der Waals surface area contributed by atoms with Crippen LogP contribution in [0.15, 0.2) is 12.3 Å². The third-order valence-electron chi connectivity index (χ3n) is 3.48. The van der Waals surface area contributed by atoms with Crippen LogP contribution >= 0.6 is 23.2 Å². The van der Waals surface area contributed by atoms with Crippen molar-refractivity contribution in [1.82, 2.24) is 14.3 Å². The van der Waals surface area contributed by atoms with Crippen LogP contribution in [0.5, 0.6) is 0 Å². The highest BCUT2D eigenvalue weighted by Gasteiger charge is 2.28. The van der Waals surface area contributed by atoms with Gasteiger partial charge in [0.15, 0.2) is 5.65 Å². The van der Waals surface area contributed by atoms with Crippen molar-refractivity contribution < 1.29 is 9.53 Å². The molecular weight excluding hydrogens is 325 g/mol. The lowest BCUT2D eigenvalue weighted by Crippen LogP contribution is -2.40. The number of carbonyl (C=O) groups is 1. The predicted molar refractivity (Wildman–Crippen MR) is 85.6 cm³/mol. The summed E-state index contributed by atoms with van der Waals surface area (Å²) in [5.41, 5.74) is 2.02. The number of rotatable bonds is 0. The van der Waals surface area contributed by atoms with Crippen molar-refractivity contribution in [3.05, 3.63) is 33.7 Å². The van der Waals surface area contributed by atoms with Gasteiger partial charge in [-0.1, -0.05) is 23.2 Å². The second-order valence-electron chi connectivity index (χ2n) is 6.33. The number of pyridine rings is 1. The van der Waals surface area contributed by atoms with Crippen LogP contribution in [0.25, 0.3) is 5.65 Å². The third kappa shape index (κ3) is 2.75. The number of halogens is 2. The minimum absolute atomic E-state index is 0.312. The Kier molecular flexibility index (Phi) is 3.73. The third-order valence-corrected chi connectivity index (χ3v) is 4.26. The van der Waals surface area contributed by atoms with Crippen molar-refractivity contribution in [1.29, 1.82) is 0 Å². The number of carbonyl (C=O) groups excluding carboxylic acids is 1. The Labute approximate surface area is 138 Å². The van der Waals surface area contributed by atoms with Crippen molar-refractivity contribution in [2.24, 2.45) is 0 Å². The Morgan fingerprint density at radius 3 is 2.77 bits per heavy atom. The van der Waals surface area contributed by atoms with E-state index in [1.165, 1.54) is 0 Å². The largest absolute Gasteiger partial charge is 0.444 e. The van der Waals surface area contributed by atoms with Crippen LogP contribution < -0.4 is 0 Å². The molecule has 3 rings (SSSR count). The summed E-state index contributed by atoms with van der Waals surface area (Å²) in [6.07, 6.45) is 2.19. The lowest BCUT2D eigenvalue weighted by molar-refractivity contribution is 0.0220. The summed E-state index contributed by atoms with van der Waals surface area (Å²) < 4.78 is 7.32. The zero-order chi connectivity index (χ0) is 16.1. The summed E-state index contributed by atoms with van der Waals surface area (Å²) >= 11 is 12.2. The smallest absolute Gasteiger partial charge is 0.410 e. The first-order valence-corrected chi connectivity index (χ1v) is 7.83. The molecule has 1 aliphatic rings. The summed E-state index contributed by atoms with van der Waals surface area (Å²) in [5.74, 6) is 0. The fourth-order valence-electron chi connectivity index (χ4n) is 2.50. The molecular formula is C15H17Cl2N3O2. The monoisotopic (exact) mass is 341 g/mol. The zero-order valence-electron chi connectivity index (χ0n) is 12.7. The van der Waals surface area contributed by atoms with Crippen LogP contribution in [0, 0.1) is 0 Å². The number of imidazole rings is 1. The van der Waals surface area contributed by atoms with Gasteiger partial charge in [-0.2, -0.15) is 0 Å². The minimum Gasteiger partial charge on any atom is -0.444 e. The molecule has 118 valence electrons. The summed E-state index contributed by atoms with van der Waals surface area (Å²) in [5, 5.41) is 0.905. The second kappa shape index (κ2) is 5.32. The van der Waals surface area contributed by atoms with Gasteiger partial charge < -0.3 is 14.0 Å². The first kappa shape index (κ1) is 15.4. The molecule has 0 saturated carbocycles. The fourth-order valence-corrected chi connectivity index (χ4v) is 2.84.